The molecule has 0 aliphatic carbocycles. The van der Waals surface area contributed by atoms with Crippen LogP contribution in [-0.4, -0.2) is 27.3 Å². The number of carbonyl (C=O) groups is 1. The van der Waals surface area contributed by atoms with Crippen LogP contribution in [0.3, 0.4) is 0 Å². The summed E-state index contributed by atoms with van der Waals surface area (Å²) in [5, 5.41) is 8.38. The zero-order chi connectivity index (χ0) is 20.0. The van der Waals surface area contributed by atoms with E-state index in [1.54, 1.807) is 11.3 Å². The van der Waals surface area contributed by atoms with Crippen molar-refractivity contribution in [1.82, 2.24) is 20.1 Å². The molecule has 0 spiro atoms. The van der Waals surface area contributed by atoms with E-state index in [0.717, 1.165) is 44.2 Å². The molecule has 1 atom stereocenters. The number of rotatable bonds is 3. The van der Waals surface area contributed by atoms with Crippen molar-refractivity contribution in [2.24, 2.45) is 7.05 Å². The lowest BCUT2D eigenvalue weighted by Crippen LogP contribution is -2.32. The lowest BCUT2D eigenvalue weighted by molar-refractivity contribution is 0.0925. The first kappa shape index (κ1) is 17.9. The highest BCUT2D eigenvalue weighted by Gasteiger charge is 2.23. The van der Waals surface area contributed by atoms with Gasteiger partial charge >= 0.3 is 0 Å². The minimum atomic E-state index is -0.0823. The smallest absolute Gasteiger partial charge is 0.251 e. The average molecular weight is 404 g/mol. The van der Waals surface area contributed by atoms with Gasteiger partial charge in [0, 0.05) is 30.3 Å². The third kappa shape index (κ3) is 3.17. The third-order valence-corrected chi connectivity index (χ3v) is 6.43. The molecule has 29 heavy (non-hydrogen) atoms. The summed E-state index contributed by atoms with van der Waals surface area (Å²) in [5.74, 6) is 0.763. The zero-order valence-electron chi connectivity index (χ0n) is 16.2. The van der Waals surface area contributed by atoms with Crippen LogP contribution in [-0.2, 0) is 7.05 Å². The summed E-state index contributed by atoms with van der Waals surface area (Å²) in [6.07, 6.45) is 2.60. The van der Waals surface area contributed by atoms with Crippen molar-refractivity contribution in [3.63, 3.8) is 0 Å². The van der Waals surface area contributed by atoms with E-state index in [1.807, 2.05) is 67.3 Å². The minimum absolute atomic E-state index is 0.0433. The summed E-state index contributed by atoms with van der Waals surface area (Å²) in [4.78, 5) is 17.6. The van der Waals surface area contributed by atoms with Gasteiger partial charge in [-0.2, -0.15) is 5.10 Å². The van der Waals surface area contributed by atoms with Gasteiger partial charge in [-0.15, -0.1) is 11.3 Å². The Balaban J connectivity index is 1.42. The standard InChI is InChI=1S/C22H20N4O2S/c1-13-16(12-23-26(13)2)22-25-18-8-7-14(11-20(18)29-22)21(27)24-17-9-10-28-19-6-4-3-5-15(17)19/h3-8,11-12,17H,9-10H2,1-2H3,(H,24,27). The Kier molecular flexibility index (Phi) is 4.32. The first-order valence-electron chi connectivity index (χ1n) is 9.52. The van der Waals surface area contributed by atoms with Crippen LogP contribution in [0.5, 0.6) is 5.75 Å². The minimum Gasteiger partial charge on any atom is -0.493 e. The molecule has 2 aromatic heterocycles. The molecular weight excluding hydrogens is 384 g/mol. The average Bonchev–Trinajstić information content (AvgIpc) is 3.30. The fourth-order valence-electron chi connectivity index (χ4n) is 3.62. The van der Waals surface area contributed by atoms with Gasteiger partial charge in [0.15, 0.2) is 0 Å². The number of carbonyl (C=O) groups excluding carboxylic acids is 1. The number of nitrogens with one attached hydrogen (secondary N) is 1. The molecule has 6 nitrogen and oxygen atoms in total. The molecule has 1 unspecified atom stereocenters. The summed E-state index contributed by atoms with van der Waals surface area (Å²) in [6.45, 7) is 2.63. The van der Waals surface area contributed by atoms with Crippen molar-refractivity contribution in [3.05, 3.63) is 65.5 Å². The maximum atomic E-state index is 12.9. The fourth-order valence-corrected chi connectivity index (χ4v) is 4.69. The molecule has 0 fully saturated rings. The molecule has 1 N–H and O–H groups in total. The van der Waals surface area contributed by atoms with E-state index in [0.29, 0.717) is 12.2 Å². The van der Waals surface area contributed by atoms with E-state index in [-0.39, 0.29) is 11.9 Å². The van der Waals surface area contributed by atoms with E-state index < -0.39 is 0 Å². The molecule has 7 heteroatoms. The number of thiazole rings is 1. The molecule has 0 radical (unpaired) electrons. The molecule has 1 amide bonds. The van der Waals surface area contributed by atoms with Crippen LogP contribution in [0.25, 0.3) is 20.8 Å². The molecule has 5 rings (SSSR count). The first-order chi connectivity index (χ1) is 14.1. The van der Waals surface area contributed by atoms with E-state index >= 15 is 0 Å². The van der Waals surface area contributed by atoms with Gasteiger partial charge < -0.3 is 10.1 Å². The molecule has 0 bridgehead atoms. The Labute approximate surface area is 172 Å². The van der Waals surface area contributed by atoms with Gasteiger partial charge in [0.05, 0.1) is 34.6 Å². The fraction of sp³-hybridized carbons (Fsp3) is 0.227. The molecule has 1 aliphatic heterocycles. The number of fused-ring (bicyclic) bond motifs is 2. The lowest BCUT2D eigenvalue weighted by atomic mass is 10.00. The second-order valence-corrected chi connectivity index (χ2v) is 8.20. The number of hydrogen-bond donors (Lipinski definition) is 1. The number of aryl methyl sites for hydroxylation is 1. The van der Waals surface area contributed by atoms with Crippen LogP contribution >= 0.6 is 11.3 Å². The van der Waals surface area contributed by atoms with Crippen molar-refractivity contribution in [2.75, 3.05) is 6.61 Å². The normalized spacial score (nSPS) is 15.7. The van der Waals surface area contributed by atoms with Crippen molar-refractivity contribution >= 4 is 27.5 Å². The lowest BCUT2D eigenvalue weighted by Gasteiger charge is -2.26. The van der Waals surface area contributed by atoms with E-state index in [2.05, 4.69) is 10.4 Å². The number of para-hydroxylation sites is 1. The van der Waals surface area contributed by atoms with Crippen LogP contribution in [0, 0.1) is 6.92 Å². The molecule has 4 aromatic rings. The quantitative estimate of drug-likeness (QED) is 0.554. The molecule has 0 saturated heterocycles. The Morgan fingerprint density at radius 3 is 2.97 bits per heavy atom. The highest BCUT2D eigenvalue weighted by molar-refractivity contribution is 7.21. The maximum absolute atomic E-state index is 12.9. The van der Waals surface area contributed by atoms with Gasteiger partial charge in [0.25, 0.3) is 5.91 Å². The van der Waals surface area contributed by atoms with E-state index in [9.17, 15) is 4.79 Å². The van der Waals surface area contributed by atoms with E-state index in [4.69, 9.17) is 9.72 Å². The van der Waals surface area contributed by atoms with Crippen LogP contribution < -0.4 is 10.1 Å². The number of ether oxygens (including phenoxy) is 1. The van der Waals surface area contributed by atoms with Crippen molar-refractivity contribution in [2.45, 2.75) is 19.4 Å². The SMILES string of the molecule is Cc1c(-c2nc3ccc(C(=O)NC4CCOc5ccccc54)cc3s2)cnn1C. The summed E-state index contributed by atoms with van der Waals surface area (Å²) in [7, 11) is 1.92. The highest BCUT2D eigenvalue weighted by Crippen LogP contribution is 2.34. The van der Waals surface area contributed by atoms with Gasteiger partial charge in [0.2, 0.25) is 0 Å². The number of nitrogens with zero attached hydrogens (tertiary/aromatic N) is 3. The molecule has 1 aliphatic rings. The van der Waals surface area contributed by atoms with Crippen LogP contribution in [0.2, 0.25) is 0 Å². The Morgan fingerprint density at radius 1 is 1.28 bits per heavy atom. The van der Waals surface area contributed by atoms with Gasteiger partial charge in [-0.1, -0.05) is 18.2 Å². The summed E-state index contributed by atoms with van der Waals surface area (Å²) in [5.41, 5.74) is 4.65. The topological polar surface area (TPSA) is 69.0 Å². The molecule has 3 heterocycles. The zero-order valence-corrected chi connectivity index (χ0v) is 17.0. The first-order valence-corrected chi connectivity index (χ1v) is 10.3. The monoisotopic (exact) mass is 404 g/mol. The number of hydrogen-bond acceptors (Lipinski definition) is 5. The summed E-state index contributed by atoms with van der Waals surface area (Å²) in [6, 6.07) is 13.5. The highest BCUT2D eigenvalue weighted by atomic mass is 32.1. The summed E-state index contributed by atoms with van der Waals surface area (Å²) >= 11 is 1.58. The number of amides is 1. The van der Waals surface area contributed by atoms with Crippen LogP contribution in [0.4, 0.5) is 0 Å². The second-order valence-electron chi connectivity index (χ2n) is 7.17. The van der Waals surface area contributed by atoms with Crippen molar-refractivity contribution in [1.29, 1.82) is 0 Å². The van der Waals surface area contributed by atoms with Gasteiger partial charge in [0.1, 0.15) is 10.8 Å². The van der Waals surface area contributed by atoms with Crippen LogP contribution in [0.1, 0.15) is 34.1 Å². The van der Waals surface area contributed by atoms with Gasteiger partial charge in [-0.25, -0.2) is 4.98 Å². The van der Waals surface area contributed by atoms with Crippen molar-refractivity contribution in [3.8, 4) is 16.3 Å². The predicted molar refractivity (Wildman–Crippen MR) is 113 cm³/mol. The van der Waals surface area contributed by atoms with E-state index in [1.165, 1.54) is 0 Å². The maximum Gasteiger partial charge on any atom is 0.251 e. The largest absolute Gasteiger partial charge is 0.493 e. The molecule has 0 saturated carbocycles. The second kappa shape index (κ2) is 7.00. The summed E-state index contributed by atoms with van der Waals surface area (Å²) < 4.78 is 8.52. The Hall–Kier alpha value is -3.19. The number of aromatic nitrogens is 3. The molecule has 146 valence electrons. The van der Waals surface area contributed by atoms with Crippen LogP contribution in [0.15, 0.2) is 48.7 Å². The molecule has 2 aromatic carbocycles. The third-order valence-electron chi connectivity index (χ3n) is 5.38. The number of benzene rings is 2. The van der Waals surface area contributed by atoms with Gasteiger partial charge in [-0.3, -0.25) is 9.48 Å². The van der Waals surface area contributed by atoms with Crippen molar-refractivity contribution < 1.29 is 9.53 Å². The predicted octanol–water partition coefficient (Wildman–Crippen LogP) is 4.26. The Bertz CT molecular complexity index is 1230. The Morgan fingerprint density at radius 2 is 2.14 bits per heavy atom. The molecular formula is C22H20N4O2S. The van der Waals surface area contributed by atoms with Gasteiger partial charge in [-0.05, 0) is 31.2 Å².